The third-order valence-corrected chi connectivity index (χ3v) is 11.9. The molecule has 2 aromatic rings. The maximum absolute atomic E-state index is 2.73. The van der Waals surface area contributed by atoms with Crippen LogP contribution in [0.25, 0.3) is 11.1 Å². The molecular weight excluding hydrogens is 427 g/mol. The summed E-state index contributed by atoms with van der Waals surface area (Å²) in [6.07, 6.45) is 22.1. The lowest BCUT2D eigenvalue weighted by Crippen LogP contribution is -2.27. The van der Waals surface area contributed by atoms with E-state index in [0.717, 1.165) is 11.3 Å². The van der Waals surface area contributed by atoms with Gasteiger partial charge in [-0.2, -0.15) is 0 Å². The molecule has 0 bridgehead atoms. The number of hydrogen-bond acceptors (Lipinski definition) is 0. The van der Waals surface area contributed by atoms with Gasteiger partial charge in [0.25, 0.3) is 0 Å². The van der Waals surface area contributed by atoms with Crippen LogP contribution in [-0.4, -0.2) is 11.3 Å². The Bertz CT molecular complexity index is 843. The average Bonchev–Trinajstić information content (AvgIpc) is 2.87. The van der Waals surface area contributed by atoms with Crippen LogP contribution >= 0.6 is 7.92 Å². The standard InChI is InChI=1S/C33H49P/c1-4-14-26-23-24-31(33-27(15-5-2)17-13-18-28(33)16-6-3)32(25-26)34(29-19-9-7-10-20-29)30-21-11-8-12-22-30/h13,17-18,23-25,29-30H,4-12,14-16,19-22H2,1-3H3. The molecule has 34 heavy (non-hydrogen) atoms. The van der Waals surface area contributed by atoms with E-state index >= 15 is 0 Å². The summed E-state index contributed by atoms with van der Waals surface area (Å²) in [5.74, 6) is 0. The first-order chi connectivity index (χ1) is 16.8. The Morgan fingerprint density at radius 1 is 0.647 bits per heavy atom. The highest BCUT2D eigenvalue weighted by molar-refractivity contribution is 7.67. The highest BCUT2D eigenvalue weighted by Crippen LogP contribution is 2.56. The van der Waals surface area contributed by atoms with Crippen LogP contribution in [0.1, 0.15) is 121 Å². The summed E-state index contributed by atoms with van der Waals surface area (Å²) in [6.45, 7) is 7.03. The molecule has 1 heteroatoms. The second-order valence-corrected chi connectivity index (χ2v) is 13.8. The predicted molar refractivity (Wildman–Crippen MR) is 154 cm³/mol. The van der Waals surface area contributed by atoms with E-state index in [1.165, 1.54) is 103 Å². The number of benzene rings is 2. The van der Waals surface area contributed by atoms with E-state index in [9.17, 15) is 0 Å². The summed E-state index contributed by atoms with van der Waals surface area (Å²) < 4.78 is 0. The molecule has 2 fully saturated rings. The molecule has 0 saturated heterocycles. The predicted octanol–water partition coefficient (Wildman–Crippen LogP) is 9.98. The highest BCUT2D eigenvalue weighted by Gasteiger charge is 2.34. The van der Waals surface area contributed by atoms with Crippen molar-refractivity contribution < 1.29 is 0 Å². The van der Waals surface area contributed by atoms with E-state index in [1.54, 1.807) is 33.1 Å². The van der Waals surface area contributed by atoms with Gasteiger partial charge in [0.1, 0.15) is 0 Å². The molecule has 0 amide bonds. The van der Waals surface area contributed by atoms with Crippen molar-refractivity contribution in [2.45, 2.75) is 135 Å². The lowest BCUT2D eigenvalue weighted by Gasteiger charge is -2.40. The minimum absolute atomic E-state index is 0.107. The maximum Gasteiger partial charge on any atom is -0.0101 e. The van der Waals surface area contributed by atoms with Crippen LogP contribution < -0.4 is 5.30 Å². The van der Waals surface area contributed by atoms with E-state index < -0.39 is 0 Å². The monoisotopic (exact) mass is 476 g/mol. The molecule has 2 aromatic carbocycles. The van der Waals surface area contributed by atoms with Gasteiger partial charge in [-0.3, -0.25) is 0 Å². The molecule has 2 aliphatic rings. The van der Waals surface area contributed by atoms with Gasteiger partial charge >= 0.3 is 0 Å². The summed E-state index contributed by atoms with van der Waals surface area (Å²) in [6, 6.07) is 15.0. The van der Waals surface area contributed by atoms with E-state index in [4.69, 9.17) is 0 Å². The van der Waals surface area contributed by atoms with Crippen molar-refractivity contribution in [2.75, 3.05) is 0 Å². The van der Waals surface area contributed by atoms with Crippen molar-refractivity contribution >= 4 is 13.2 Å². The van der Waals surface area contributed by atoms with Crippen molar-refractivity contribution in [3.63, 3.8) is 0 Å². The van der Waals surface area contributed by atoms with Gasteiger partial charge in [-0.1, -0.05) is 123 Å². The molecule has 0 radical (unpaired) electrons. The summed E-state index contributed by atoms with van der Waals surface area (Å²) in [4.78, 5) is 0. The van der Waals surface area contributed by atoms with E-state index in [1.807, 2.05) is 0 Å². The minimum atomic E-state index is -0.107. The second-order valence-electron chi connectivity index (χ2n) is 11.0. The van der Waals surface area contributed by atoms with Gasteiger partial charge in [0.05, 0.1) is 0 Å². The largest absolute Gasteiger partial charge is 0.0683 e. The lowest BCUT2D eigenvalue weighted by atomic mass is 9.89. The van der Waals surface area contributed by atoms with Crippen LogP contribution in [0, 0.1) is 0 Å². The van der Waals surface area contributed by atoms with E-state index in [-0.39, 0.29) is 7.92 Å². The highest BCUT2D eigenvalue weighted by atomic mass is 31.1. The molecule has 0 heterocycles. The molecule has 0 unspecified atom stereocenters. The molecule has 2 saturated carbocycles. The summed E-state index contributed by atoms with van der Waals surface area (Å²) >= 11 is 0. The second kappa shape index (κ2) is 13.3. The third-order valence-electron chi connectivity index (χ3n) is 8.36. The molecule has 186 valence electrons. The van der Waals surface area contributed by atoms with Gasteiger partial charge in [-0.25, -0.2) is 0 Å². The van der Waals surface area contributed by atoms with E-state index in [0.29, 0.717) is 0 Å². The number of rotatable bonds is 10. The summed E-state index contributed by atoms with van der Waals surface area (Å²) in [5, 5.41) is 1.81. The molecule has 0 atom stereocenters. The fourth-order valence-electron chi connectivity index (χ4n) is 6.81. The van der Waals surface area contributed by atoms with Crippen molar-refractivity contribution in [2.24, 2.45) is 0 Å². The Morgan fingerprint density at radius 2 is 1.18 bits per heavy atom. The van der Waals surface area contributed by atoms with Crippen LogP contribution in [0.2, 0.25) is 0 Å². The topological polar surface area (TPSA) is 0 Å². The lowest BCUT2D eigenvalue weighted by molar-refractivity contribution is 0.487. The van der Waals surface area contributed by atoms with Crippen molar-refractivity contribution in [1.82, 2.24) is 0 Å². The molecule has 0 aromatic heterocycles. The van der Waals surface area contributed by atoms with Gasteiger partial charge in [-0.05, 0) is 89.4 Å². The molecule has 0 spiro atoms. The summed E-state index contributed by atoms with van der Waals surface area (Å²) in [5.41, 5.74) is 9.95. The number of hydrogen-bond donors (Lipinski definition) is 0. The first-order valence-electron chi connectivity index (χ1n) is 14.8. The molecular formula is C33H49P. The average molecular weight is 477 g/mol. The van der Waals surface area contributed by atoms with Gasteiger partial charge in [-0.15, -0.1) is 0 Å². The Hall–Kier alpha value is -1.13. The first kappa shape index (κ1) is 25.9. The molecule has 0 N–H and O–H groups in total. The van der Waals surface area contributed by atoms with Crippen molar-refractivity contribution in [3.05, 3.63) is 53.1 Å². The van der Waals surface area contributed by atoms with Crippen LogP contribution in [0.4, 0.5) is 0 Å². The van der Waals surface area contributed by atoms with E-state index in [2.05, 4.69) is 57.2 Å². The maximum atomic E-state index is 2.73. The number of aryl methyl sites for hydroxylation is 3. The Morgan fingerprint density at radius 3 is 1.68 bits per heavy atom. The smallest absolute Gasteiger partial charge is 0.0101 e. The van der Waals surface area contributed by atoms with Gasteiger partial charge < -0.3 is 0 Å². The van der Waals surface area contributed by atoms with Crippen molar-refractivity contribution in [3.8, 4) is 11.1 Å². The first-order valence-corrected chi connectivity index (χ1v) is 16.3. The Kier molecular flexibility index (Phi) is 10.1. The zero-order valence-electron chi connectivity index (χ0n) is 22.4. The molecule has 0 aliphatic heterocycles. The fourth-order valence-corrected chi connectivity index (χ4v) is 10.8. The summed E-state index contributed by atoms with van der Waals surface area (Å²) in [7, 11) is -0.107. The van der Waals surface area contributed by atoms with Crippen LogP contribution in [0.3, 0.4) is 0 Å². The molecule has 2 aliphatic carbocycles. The van der Waals surface area contributed by atoms with Crippen LogP contribution in [0.15, 0.2) is 36.4 Å². The molecule has 0 nitrogen and oxygen atoms in total. The van der Waals surface area contributed by atoms with Gasteiger partial charge in [0.15, 0.2) is 0 Å². The Labute approximate surface area is 212 Å². The molecule has 4 rings (SSSR count). The van der Waals surface area contributed by atoms with Crippen LogP contribution in [-0.2, 0) is 19.3 Å². The normalized spacial score (nSPS) is 18.0. The van der Waals surface area contributed by atoms with Crippen molar-refractivity contribution in [1.29, 1.82) is 0 Å². The quantitative estimate of drug-likeness (QED) is 0.299. The SMILES string of the molecule is CCCc1ccc(-c2c(CCC)cccc2CCC)c(P(C2CCCCC2)C2CCCCC2)c1. The zero-order chi connectivity index (χ0) is 23.8. The Balaban J connectivity index is 1.89. The van der Waals surface area contributed by atoms with Gasteiger partial charge in [0, 0.05) is 0 Å². The third kappa shape index (κ3) is 6.16. The van der Waals surface area contributed by atoms with Crippen LogP contribution in [0.5, 0.6) is 0 Å². The minimum Gasteiger partial charge on any atom is -0.0683 e. The fraction of sp³-hybridized carbons (Fsp3) is 0.636. The van der Waals surface area contributed by atoms with Gasteiger partial charge in [0.2, 0.25) is 0 Å². The zero-order valence-corrected chi connectivity index (χ0v) is 23.3.